The molecule has 86 valence electrons. The summed E-state index contributed by atoms with van der Waals surface area (Å²) in [5.41, 5.74) is 0. The van der Waals surface area contributed by atoms with Crippen molar-refractivity contribution < 1.29 is 4.79 Å². The molecule has 3 unspecified atom stereocenters. The van der Waals surface area contributed by atoms with Gasteiger partial charge in [0.1, 0.15) is 0 Å². The van der Waals surface area contributed by atoms with Gasteiger partial charge in [-0.3, -0.25) is 9.48 Å². The number of hydrogen-bond donors (Lipinski definition) is 2. The van der Waals surface area contributed by atoms with Gasteiger partial charge >= 0.3 is 0 Å². The largest absolute Gasteiger partial charge is 0.310 e. The summed E-state index contributed by atoms with van der Waals surface area (Å²) in [6.07, 6.45) is 5.15. The van der Waals surface area contributed by atoms with Gasteiger partial charge in [0.15, 0.2) is 5.82 Å². The van der Waals surface area contributed by atoms with Gasteiger partial charge < -0.3 is 10.6 Å². The fourth-order valence-corrected chi connectivity index (χ4v) is 2.81. The van der Waals surface area contributed by atoms with Crippen LogP contribution in [-0.2, 0) is 11.8 Å². The van der Waals surface area contributed by atoms with E-state index >= 15 is 0 Å². The third kappa shape index (κ3) is 1.61. The molecule has 3 heterocycles. The van der Waals surface area contributed by atoms with E-state index in [1.807, 2.05) is 19.3 Å². The first-order valence-corrected chi connectivity index (χ1v) is 5.79. The number of rotatable bonds is 2. The van der Waals surface area contributed by atoms with Gasteiger partial charge in [0, 0.05) is 31.4 Å². The molecular weight excluding hydrogens is 204 g/mol. The summed E-state index contributed by atoms with van der Waals surface area (Å²) in [6, 6.07) is 2.76. The van der Waals surface area contributed by atoms with E-state index in [0.717, 1.165) is 12.8 Å². The zero-order valence-electron chi connectivity index (χ0n) is 9.31. The quantitative estimate of drug-likeness (QED) is 0.763. The number of hydrogen-bond acceptors (Lipinski definition) is 3. The molecule has 2 fully saturated rings. The minimum absolute atomic E-state index is 0.110. The molecule has 3 rings (SSSR count). The van der Waals surface area contributed by atoms with Crippen LogP contribution in [-0.4, -0.2) is 27.8 Å². The molecule has 2 saturated heterocycles. The van der Waals surface area contributed by atoms with Crippen molar-refractivity contribution in [3.63, 3.8) is 0 Å². The predicted octanol–water partition coefficient (Wildman–Crippen LogP) is 0.499. The second-order valence-corrected chi connectivity index (χ2v) is 4.75. The van der Waals surface area contributed by atoms with Crippen LogP contribution < -0.4 is 10.6 Å². The summed E-state index contributed by atoms with van der Waals surface area (Å²) in [5, 5.41) is 10.5. The molecule has 1 aromatic heterocycles. The Bertz CT molecular complexity index is 414. The van der Waals surface area contributed by atoms with Crippen LogP contribution in [0.1, 0.15) is 19.3 Å². The van der Waals surface area contributed by atoms with Gasteiger partial charge in [-0.2, -0.15) is 5.10 Å². The zero-order chi connectivity index (χ0) is 11.1. The van der Waals surface area contributed by atoms with E-state index in [1.54, 1.807) is 4.68 Å². The summed E-state index contributed by atoms with van der Waals surface area (Å²) in [5.74, 6) is 0.884. The normalized spacial score (nSPS) is 31.9. The second-order valence-electron chi connectivity index (χ2n) is 4.75. The molecule has 0 aromatic carbocycles. The minimum Gasteiger partial charge on any atom is -0.310 e. The Labute approximate surface area is 94.2 Å². The first-order valence-electron chi connectivity index (χ1n) is 5.79. The van der Waals surface area contributed by atoms with E-state index in [0.29, 0.717) is 17.9 Å². The lowest BCUT2D eigenvalue weighted by Crippen LogP contribution is -2.32. The standard InChI is InChI=1S/C11H16N4O/c1-15-5-4-10(14-15)13-11(16)8-6-7-2-3-9(8)12-7/h4-5,7-9,12H,2-3,6H2,1H3,(H,13,14,16). The molecule has 1 aromatic rings. The van der Waals surface area contributed by atoms with E-state index in [4.69, 9.17) is 0 Å². The third-order valence-electron chi connectivity index (χ3n) is 3.60. The molecule has 2 N–H and O–H groups in total. The van der Waals surface area contributed by atoms with Crippen LogP contribution in [0.4, 0.5) is 5.82 Å². The van der Waals surface area contributed by atoms with Crippen molar-refractivity contribution >= 4 is 11.7 Å². The molecule has 5 nitrogen and oxygen atoms in total. The highest BCUT2D eigenvalue weighted by molar-refractivity contribution is 5.92. The van der Waals surface area contributed by atoms with Gasteiger partial charge in [-0.25, -0.2) is 0 Å². The van der Waals surface area contributed by atoms with Gasteiger partial charge in [0.25, 0.3) is 0 Å². The van der Waals surface area contributed by atoms with Crippen molar-refractivity contribution in [3.05, 3.63) is 12.3 Å². The molecule has 0 saturated carbocycles. The average molecular weight is 220 g/mol. The number of carbonyl (C=O) groups is 1. The SMILES string of the molecule is Cn1ccc(NC(=O)C2CC3CCC2N3)n1. The van der Waals surface area contributed by atoms with E-state index in [2.05, 4.69) is 15.7 Å². The molecule has 0 aliphatic carbocycles. The zero-order valence-corrected chi connectivity index (χ0v) is 9.31. The first-order chi connectivity index (χ1) is 7.72. The fourth-order valence-electron chi connectivity index (χ4n) is 2.81. The third-order valence-corrected chi connectivity index (χ3v) is 3.60. The van der Waals surface area contributed by atoms with Gasteiger partial charge in [0.05, 0.1) is 5.92 Å². The first kappa shape index (κ1) is 9.84. The van der Waals surface area contributed by atoms with Crippen LogP contribution in [0.25, 0.3) is 0 Å². The molecule has 5 heteroatoms. The lowest BCUT2D eigenvalue weighted by molar-refractivity contribution is -0.120. The topological polar surface area (TPSA) is 59.0 Å². The van der Waals surface area contributed by atoms with Crippen molar-refractivity contribution in [2.45, 2.75) is 31.3 Å². The summed E-state index contributed by atoms with van der Waals surface area (Å²) in [4.78, 5) is 12.0. The fraction of sp³-hybridized carbons (Fsp3) is 0.636. The second kappa shape index (κ2) is 3.59. The highest BCUT2D eigenvalue weighted by Crippen LogP contribution is 2.33. The van der Waals surface area contributed by atoms with E-state index in [-0.39, 0.29) is 11.8 Å². The van der Waals surface area contributed by atoms with Gasteiger partial charge in [-0.15, -0.1) is 0 Å². The van der Waals surface area contributed by atoms with Gasteiger partial charge in [0.2, 0.25) is 5.91 Å². The number of aromatic nitrogens is 2. The van der Waals surface area contributed by atoms with Crippen molar-refractivity contribution in [2.75, 3.05) is 5.32 Å². The molecule has 16 heavy (non-hydrogen) atoms. The van der Waals surface area contributed by atoms with Crippen LogP contribution >= 0.6 is 0 Å². The van der Waals surface area contributed by atoms with Crippen LogP contribution in [0.2, 0.25) is 0 Å². The maximum absolute atomic E-state index is 12.0. The Balaban J connectivity index is 1.65. The van der Waals surface area contributed by atoms with E-state index < -0.39 is 0 Å². The van der Waals surface area contributed by atoms with Crippen molar-refractivity contribution in [1.29, 1.82) is 0 Å². The lowest BCUT2D eigenvalue weighted by atomic mass is 9.88. The molecule has 3 atom stereocenters. The average Bonchev–Trinajstić information content (AvgIpc) is 2.93. The van der Waals surface area contributed by atoms with Crippen LogP contribution in [0.3, 0.4) is 0 Å². The molecule has 2 aliphatic heterocycles. The lowest BCUT2D eigenvalue weighted by Gasteiger charge is -2.18. The number of amides is 1. The van der Waals surface area contributed by atoms with E-state index in [1.165, 1.54) is 6.42 Å². The van der Waals surface area contributed by atoms with Crippen molar-refractivity contribution in [3.8, 4) is 0 Å². The molecule has 2 bridgehead atoms. The van der Waals surface area contributed by atoms with Gasteiger partial charge in [-0.05, 0) is 19.3 Å². The maximum Gasteiger partial charge on any atom is 0.230 e. The molecule has 0 spiro atoms. The van der Waals surface area contributed by atoms with Crippen molar-refractivity contribution in [1.82, 2.24) is 15.1 Å². The van der Waals surface area contributed by atoms with Crippen LogP contribution in [0, 0.1) is 5.92 Å². The summed E-state index contributed by atoms with van der Waals surface area (Å²) < 4.78 is 1.69. The number of nitrogens with zero attached hydrogens (tertiary/aromatic N) is 2. The number of nitrogens with one attached hydrogen (secondary N) is 2. The Hall–Kier alpha value is -1.36. The Morgan fingerprint density at radius 2 is 2.50 bits per heavy atom. The summed E-state index contributed by atoms with van der Waals surface area (Å²) >= 11 is 0. The Morgan fingerprint density at radius 3 is 3.06 bits per heavy atom. The number of anilines is 1. The smallest absolute Gasteiger partial charge is 0.230 e. The number of aryl methyl sites for hydroxylation is 1. The molecule has 2 aliphatic rings. The summed E-state index contributed by atoms with van der Waals surface area (Å²) in [7, 11) is 1.84. The highest BCUT2D eigenvalue weighted by atomic mass is 16.2. The van der Waals surface area contributed by atoms with Crippen LogP contribution in [0.15, 0.2) is 12.3 Å². The monoisotopic (exact) mass is 220 g/mol. The van der Waals surface area contributed by atoms with Crippen LogP contribution in [0.5, 0.6) is 0 Å². The predicted molar refractivity (Wildman–Crippen MR) is 59.9 cm³/mol. The minimum atomic E-state index is 0.110. The molecular formula is C11H16N4O. The maximum atomic E-state index is 12.0. The molecule has 1 amide bonds. The van der Waals surface area contributed by atoms with Gasteiger partial charge in [-0.1, -0.05) is 0 Å². The Morgan fingerprint density at radius 1 is 1.62 bits per heavy atom. The molecule has 0 radical (unpaired) electrons. The number of carbonyl (C=O) groups excluding carboxylic acids is 1. The summed E-state index contributed by atoms with van der Waals surface area (Å²) in [6.45, 7) is 0. The van der Waals surface area contributed by atoms with E-state index in [9.17, 15) is 4.79 Å². The Kier molecular flexibility index (Phi) is 2.21. The number of fused-ring (bicyclic) bond motifs is 2. The van der Waals surface area contributed by atoms with Crippen molar-refractivity contribution in [2.24, 2.45) is 13.0 Å². The highest BCUT2D eigenvalue weighted by Gasteiger charge is 2.42.